The third-order valence-electron chi connectivity index (χ3n) is 2.94. The van der Waals surface area contributed by atoms with Crippen molar-refractivity contribution in [3.8, 4) is 0 Å². The van der Waals surface area contributed by atoms with Crippen LogP contribution in [0.3, 0.4) is 0 Å². The van der Waals surface area contributed by atoms with Crippen molar-refractivity contribution in [3.63, 3.8) is 0 Å². The third-order valence-corrected chi connectivity index (χ3v) is 2.94. The van der Waals surface area contributed by atoms with Gasteiger partial charge in [0.25, 0.3) is 0 Å². The van der Waals surface area contributed by atoms with E-state index in [1.807, 2.05) is 31.2 Å². The standard InChI is InChI=1S/C14H16FN/c1-3-4-7-13-12-9-6-5-8-11(12)10(2)16-14(13)15/h5-6,8-9H,3-4,7H2,1-2H3. The highest BCUT2D eigenvalue weighted by Gasteiger charge is 2.10. The topological polar surface area (TPSA) is 12.9 Å². The minimum absolute atomic E-state index is 0.301. The summed E-state index contributed by atoms with van der Waals surface area (Å²) in [5.41, 5.74) is 1.54. The molecule has 1 aromatic carbocycles. The number of fused-ring (bicyclic) bond motifs is 1. The van der Waals surface area contributed by atoms with Gasteiger partial charge in [-0.25, -0.2) is 4.98 Å². The van der Waals surface area contributed by atoms with Gasteiger partial charge in [0.05, 0.1) is 0 Å². The molecular formula is C14H16FN. The molecule has 0 saturated carbocycles. The van der Waals surface area contributed by atoms with Gasteiger partial charge < -0.3 is 0 Å². The lowest BCUT2D eigenvalue weighted by Gasteiger charge is -2.09. The molecule has 0 unspecified atom stereocenters. The number of aromatic nitrogens is 1. The molecule has 0 fully saturated rings. The van der Waals surface area contributed by atoms with E-state index in [1.165, 1.54) is 0 Å². The van der Waals surface area contributed by atoms with E-state index >= 15 is 0 Å². The summed E-state index contributed by atoms with van der Waals surface area (Å²) in [5, 5.41) is 2.08. The summed E-state index contributed by atoms with van der Waals surface area (Å²) in [4.78, 5) is 3.99. The molecule has 0 aliphatic carbocycles. The Morgan fingerprint density at radius 1 is 1.19 bits per heavy atom. The Balaban J connectivity index is 2.61. The highest BCUT2D eigenvalue weighted by Crippen LogP contribution is 2.24. The number of rotatable bonds is 3. The van der Waals surface area contributed by atoms with Gasteiger partial charge in [0.1, 0.15) is 0 Å². The Bertz CT molecular complexity index is 505. The first kappa shape index (κ1) is 11.1. The normalized spacial score (nSPS) is 10.9. The number of pyridine rings is 1. The molecule has 0 amide bonds. The molecule has 1 heterocycles. The largest absolute Gasteiger partial charge is 0.224 e. The van der Waals surface area contributed by atoms with Gasteiger partial charge in [0, 0.05) is 16.6 Å². The van der Waals surface area contributed by atoms with Crippen molar-refractivity contribution in [2.24, 2.45) is 0 Å². The number of halogens is 1. The van der Waals surface area contributed by atoms with Gasteiger partial charge in [-0.1, -0.05) is 37.6 Å². The zero-order valence-corrected chi connectivity index (χ0v) is 9.76. The molecule has 2 aromatic rings. The van der Waals surface area contributed by atoms with E-state index in [2.05, 4.69) is 11.9 Å². The predicted octanol–water partition coefficient (Wildman–Crippen LogP) is 4.02. The van der Waals surface area contributed by atoms with Crippen molar-refractivity contribution < 1.29 is 4.39 Å². The Kier molecular flexibility index (Phi) is 3.18. The molecule has 0 bridgehead atoms. The second kappa shape index (κ2) is 4.60. The molecule has 16 heavy (non-hydrogen) atoms. The molecule has 0 aliphatic rings. The first-order chi connectivity index (χ1) is 7.74. The number of hydrogen-bond donors (Lipinski definition) is 0. The van der Waals surface area contributed by atoms with Gasteiger partial charge in [-0.15, -0.1) is 0 Å². The monoisotopic (exact) mass is 217 g/mol. The number of aryl methyl sites for hydroxylation is 2. The summed E-state index contributed by atoms with van der Waals surface area (Å²) >= 11 is 0. The van der Waals surface area contributed by atoms with Gasteiger partial charge in [0.2, 0.25) is 5.95 Å². The van der Waals surface area contributed by atoms with Crippen molar-refractivity contribution in [2.45, 2.75) is 33.1 Å². The lowest BCUT2D eigenvalue weighted by atomic mass is 10.0. The van der Waals surface area contributed by atoms with Crippen LogP contribution in [0.2, 0.25) is 0 Å². The molecule has 0 radical (unpaired) electrons. The van der Waals surface area contributed by atoms with E-state index in [9.17, 15) is 4.39 Å². The van der Waals surface area contributed by atoms with Crippen LogP contribution >= 0.6 is 0 Å². The van der Waals surface area contributed by atoms with Crippen LogP contribution in [-0.4, -0.2) is 4.98 Å². The van der Waals surface area contributed by atoms with E-state index in [0.717, 1.165) is 41.3 Å². The maximum atomic E-state index is 13.8. The third kappa shape index (κ3) is 1.92. The summed E-state index contributed by atoms with van der Waals surface area (Å²) in [7, 11) is 0. The van der Waals surface area contributed by atoms with Crippen molar-refractivity contribution in [1.29, 1.82) is 0 Å². The quantitative estimate of drug-likeness (QED) is 0.707. The Hall–Kier alpha value is -1.44. The highest BCUT2D eigenvalue weighted by atomic mass is 19.1. The molecule has 0 spiro atoms. The van der Waals surface area contributed by atoms with Crippen LogP contribution in [-0.2, 0) is 6.42 Å². The van der Waals surface area contributed by atoms with E-state index in [0.29, 0.717) is 0 Å². The minimum Gasteiger partial charge on any atom is -0.224 e. The molecular weight excluding hydrogens is 201 g/mol. The molecule has 84 valence electrons. The zero-order valence-electron chi connectivity index (χ0n) is 9.76. The SMILES string of the molecule is CCCCc1c(F)nc(C)c2ccccc12. The summed E-state index contributed by atoms with van der Waals surface area (Å²) in [6.45, 7) is 3.97. The van der Waals surface area contributed by atoms with Gasteiger partial charge in [-0.05, 0) is 25.2 Å². The second-order valence-electron chi connectivity index (χ2n) is 4.12. The van der Waals surface area contributed by atoms with Gasteiger partial charge >= 0.3 is 0 Å². The van der Waals surface area contributed by atoms with E-state index < -0.39 is 0 Å². The van der Waals surface area contributed by atoms with E-state index in [1.54, 1.807) is 0 Å². The molecule has 0 aliphatic heterocycles. The van der Waals surface area contributed by atoms with Gasteiger partial charge in [0.15, 0.2) is 0 Å². The van der Waals surface area contributed by atoms with Crippen LogP contribution in [0.4, 0.5) is 4.39 Å². The summed E-state index contributed by atoms with van der Waals surface area (Å²) in [5.74, 6) is -0.301. The van der Waals surface area contributed by atoms with Crippen LogP contribution in [0, 0.1) is 12.9 Å². The van der Waals surface area contributed by atoms with Crippen molar-refractivity contribution in [2.75, 3.05) is 0 Å². The fourth-order valence-electron chi connectivity index (χ4n) is 2.04. The zero-order chi connectivity index (χ0) is 11.5. The fraction of sp³-hybridized carbons (Fsp3) is 0.357. The van der Waals surface area contributed by atoms with Gasteiger partial charge in [-0.2, -0.15) is 4.39 Å². The molecule has 2 rings (SSSR count). The number of unbranched alkanes of at least 4 members (excludes halogenated alkanes) is 1. The smallest absolute Gasteiger partial charge is 0.216 e. The second-order valence-corrected chi connectivity index (χ2v) is 4.12. The Labute approximate surface area is 95.3 Å². The van der Waals surface area contributed by atoms with E-state index in [-0.39, 0.29) is 5.95 Å². The summed E-state index contributed by atoms with van der Waals surface area (Å²) < 4.78 is 13.8. The lowest BCUT2D eigenvalue weighted by molar-refractivity contribution is 0.562. The highest BCUT2D eigenvalue weighted by molar-refractivity contribution is 5.87. The maximum Gasteiger partial charge on any atom is 0.216 e. The van der Waals surface area contributed by atoms with Crippen molar-refractivity contribution >= 4 is 10.8 Å². The molecule has 0 atom stereocenters. The predicted molar refractivity (Wildman–Crippen MR) is 65.1 cm³/mol. The first-order valence-electron chi connectivity index (χ1n) is 5.77. The average Bonchev–Trinajstić information content (AvgIpc) is 2.29. The molecule has 2 heteroatoms. The summed E-state index contributed by atoms with van der Waals surface area (Å²) in [6, 6.07) is 7.92. The van der Waals surface area contributed by atoms with Gasteiger partial charge in [-0.3, -0.25) is 0 Å². The van der Waals surface area contributed by atoms with Crippen LogP contribution in [0.5, 0.6) is 0 Å². The maximum absolute atomic E-state index is 13.8. The summed E-state index contributed by atoms with van der Waals surface area (Å²) in [6.07, 6.45) is 2.85. The molecule has 0 saturated heterocycles. The molecule has 1 aromatic heterocycles. The first-order valence-corrected chi connectivity index (χ1v) is 5.77. The Morgan fingerprint density at radius 3 is 2.56 bits per heavy atom. The minimum atomic E-state index is -0.301. The van der Waals surface area contributed by atoms with Crippen LogP contribution in [0.25, 0.3) is 10.8 Å². The van der Waals surface area contributed by atoms with Crippen LogP contribution in [0.1, 0.15) is 31.0 Å². The average molecular weight is 217 g/mol. The van der Waals surface area contributed by atoms with E-state index in [4.69, 9.17) is 0 Å². The molecule has 0 N–H and O–H groups in total. The number of benzene rings is 1. The fourth-order valence-corrected chi connectivity index (χ4v) is 2.04. The van der Waals surface area contributed by atoms with Crippen molar-refractivity contribution in [1.82, 2.24) is 4.98 Å². The lowest BCUT2D eigenvalue weighted by Crippen LogP contribution is -1.99. The number of hydrogen-bond acceptors (Lipinski definition) is 1. The molecule has 1 nitrogen and oxygen atoms in total. The Morgan fingerprint density at radius 2 is 1.88 bits per heavy atom. The van der Waals surface area contributed by atoms with Crippen molar-refractivity contribution in [3.05, 3.63) is 41.5 Å². The number of nitrogens with zero attached hydrogens (tertiary/aromatic N) is 1. The van der Waals surface area contributed by atoms with Crippen LogP contribution in [0.15, 0.2) is 24.3 Å². The van der Waals surface area contributed by atoms with Crippen LogP contribution < -0.4 is 0 Å².